The quantitative estimate of drug-likeness (QED) is 0.826. The van der Waals surface area contributed by atoms with E-state index in [1.54, 1.807) is 23.7 Å². The minimum absolute atomic E-state index is 0.0193. The normalized spacial score (nSPS) is 13.3. The highest BCUT2D eigenvalue weighted by atomic mass is 32.2. The lowest BCUT2D eigenvalue weighted by molar-refractivity contribution is 0.169. The molecule has 7 heteroatoms. The molecule has 1 aromatic carbocycles. The van der Waals surface area contributed by atoms with E-state index in [-0.39, 0.29) is 11.6 Å². The van der Waals surface area contributed by atoms with Crippen LogP contribution >= 0.6 is 0 Å². The van der Waals surface area contributed by atoms with Gasteiger partial charge in [-0.15, -0.1) is 0 Å². The van der Waals surface area contributed by atoms with Gasteiger partial charge in [-0.2, -0.15) is 0 Å². The highest BCUT2D eigenvalue weighted by Gasteiger charge is 2.17. The lowest BCUT2D eigenvalue weighted by atomic mass is 10.1. The third kappa shape index (κ3) is 3.66. The van der Waals surface area contributed by atoms with Gasteiger partial charge in [0.2, 0.25) is 0 Å². The predicted molar refractivity (Wildman–Crippen MR) is 74.4 cm³/mol. The maximum absolute atomic E-state index is 11.9. The Morgan fingerprint density at radius 2 is 2.05 bits per heavy atom. The number of aliphatic hydroxyl groups excluding tert-OH is 1. The monoisotopic (exact) mass is 295 g/mol. The zero-order chi connectivity index (χ0) is 14.6. The van der Waals surface area contributed by atoms with E-state index in [4.69, 9.17) is 0 Å². The van der Waals surface area contributed by atoms with Crippen molar-refractivity contribution in [3.63, 3.8) is 0 Å². The molecular weight excluding hydrogens is 278 g/mol. The fourth-order valence-corrected chi connectivity index (χ4v) is 2.80. The summed E-state index contributed by atoms with van der Waals surface area (Å²) in [4.78, 5) is 3.79. The van der Waals surface area contributed by atoms with Crippen LogP contribution < -0.4 is 4.72 Å². The van der Waals surface area contributed by atoms with Crippen LogP contribution in [0.15, 0.2) is 47.9 Å². The Kier molecular flexibility index (Phi) is 4.53. The van der Waals surface area contributed by atoms with Crippen molar-refractivity contribution in [2.24, 2.45) is 7.05 Å². The van der Waals surface area contributed by atoms with E-state index in [9.17, 15) is 13.5 Å². The molecule has 6 nitrogen and oxygen atoms in total. The van der Waals surface area contributed by atoms with Crippen molar-refractivity contribution < 1.29 is 13.5 Å². The molecule has 0 aliphatic rings. The zero-order valence-corrected chi connectivity index (χ0v) is 11.9. The van der Waals surface area contributed by atoms with Crippen molar-refractivity contribution >= 4 is 10.0 Å². The maximum atomic E-state index is 11.9. The number of aryl methyl sites for hydroxylation is 1. The first-order chi connectivity index (χ1) is 9.49. The Morgan fingerprint density at radius 1 is 1.35 bits per heavy atom. The molecule has 0 aliphatic heterocycles. The van der Waals surface area contributed by atoms with Crippen LogP contribution in [-0.4, -0.2) is 29.6 Å². The van der Waals surface area contributed by atoms with Crippen molar-refractivity contribution in [3.05, 3.63) is 48.4 Å². The molecule has 0 radical (unpaired) electrons. The van der Waals surface area contributed by atoms with Crippen LogP contribution in [0, 0.1) is 0 Å². The van der Waals surface area contributed by atoms with Gasteiger partial charge in [-0.3, -0.25) is 0 Å². The number of sulfonamides is 1. The Bertz CT molecular complexity index is 653. The molecule has 0 unspecified atom stereocenters. The molecule has 1 atom stereocenters. The molecule has 0 spiro atoms. The van der Waals surface area contributed by atoms with Crippen LogP contribution in [0.25, 0.3) is 0 Å². The van der Waals surface area contributed by atoms with Crippen LogP contribution in [0.1, 0.15) is 18.1 Å². The van der Waals surface area contributed by atoms with Crippen molar-refractivity contribution in [1.29, 1.82) is 0 Å². The molecule has 0 bridgehead atoms. The number of nitrogens with one attached hydrogen (secondary N) is 1. The Labute approximate surface area is 118 Å². The van der Waals surface area contributed by atoms with E-state index in [1.807, 2.05) is 18.2 Å². The topological polar surface area (TPSA) is 84.2 Å². The molecule has 20 heavy (non-hydrogen) atoms. The van der Waals surface area contributed by atoms with Gasteiger partial charge in [0, 0.05) is 19.8 Å². The van der Waals surface area contributed by atoms with Gasteiger partial charge in [-0.25, -0.2) is 18.1 Å². The lowest BCUT2D eigenvalue weighted by Crippen LogP contribution is -2.26. The maximum Gasteiger partial charge on any atom is 0.259 e. The fourth-order valence-electron chi connectivity index (χ4n) is 1.77. The minimum atomic E-state index is -3.61. The summed E-state index contributed by atoms with van der Waals surface area (Å²) in [5, 5.41) is 9.92. The van der Waals surface area contributed by atoms with Gasteiger partial charge in [-0.1, -0.05) is 30.3 Å². The average Bonchev–Trinajstić information content (AvgIpc) is 2.87. The zero-order valence-electron chi connectivity index (χ0n) is 11.1. The Balaban J connectivity index is 1.90. The number of imidazole rings is 1. The first-order valence-corrected chi connectivity index (χ1v) is 7.68. The van der Waals surface area contributed by atoms with Gasteiger partial charge >= 0.3 is 0 Å². The fraction of sp³-hybridized carbons (Fsp3) is 0.308. The summed E-state index contributed by atoms with van der Waals surface area (Å²) >= 11 is 0. The summed E-state index contributed by atoms with van der Waals surface area (Å²) in [5.41, 5.74) is 0.768. The van der Waals surface area contributed by atoms with Crippen molar-refractivity contribution in [1.82, 2.24) is 14.3 Å². The molecule has 0 amide bonds. The third-order valence-electron chi connectivity index (χ3n) is 2.85. The van der Waals surface area contributed by atoms with Crippen LogP contribution in [-0.2, 0) is 17.1 Å². The largest absolute Gasteiger partial charge is 0.388 e. The Hall–Kier alpha value is -1.70. The molecule has 0 aliphatic carbocycles. The van der Waals surface area contributed by atoms with Gasteiger partial charge in [0.15, 0.2) is 5.03 Å². The molecule has 2 aromatic rings. The van der Waals surface area contributed by atoms with Gasteiger partial charge in [0.1, 0.15) is 0 Å². The third-order valence-corrected chi connectivity index (χ3v) is 4.20. The smallest absolute Gasteiger partial charge is 0.259 e. The van der Waals surface area contributed by atoms with Gasteiger partial charge in [-0.05, 0) is 12.0 Å². The van der Waals surface area contributed by atoms with Crippen LogP contribution in [0.4, 0.5) is 0 Å². The van der Waals surface area contributed by atoms with E-state index in [2.05, 4.69) is 9.71 Å². The van der Waals surface area contributed by atoms with Crippen molar-refractivity contribution in [2.75, 3.05) is 6.54 Å². The Morgan fingerprint density at radius 3 is 2.65 bits per heavy atom. The number of rotatable bonds is 6. The van der Waals surface area contributed by atoms with Crippen molar-refractivity contribution in [2.45, 2.75) is 17.6 Å². The van der Waals surface area contributed by atoms with Crippen molar-refractivity contribution in [3.8, 4) is 0 Å². The van der Waals surface area contributed by atoms with Gasteiger partial charge in [0.25, 0.3) is 10.0 Å². The van der Waals surface area contributed by atoms with E-state index in [0.29, 0.717) is 6.42 Å². The molecule has 108 valence electrons. The summed E-state index contributed by atoms with van der Waals surface area (Å²) in [6.07, 6.45) is 2.46. The van der Waals surface area contributed by atoms with Crippen LogP contribution in [0.3, 0.4) is 0 Å². The number of aromatic nitrogens is 2. The number of nitrogens with zero attached hydrogens (tertiary/aromatic N) is 2. The number of aliphatic hydroxyl groups is 1. The first kappa shape index (κ1) is 14.7. The molecule has 0 fully saturated rings. The number of hydrogen-bond acceptors (Lipinski definition) is 4. The first-order valence-electron chi connectivity index (χ1n) is 6.20. The lowest BCUT2D eigenvalue weighted by Gasteiger charge is -2.11. The van der Waals surface area contributed by atoms with E-state index < -0.39 is 16.1 Å². The van der Waals surface area contributed by atoms with E-state index >= 15 is 0 Å². The SMILES string of the molecule is Cn1cnc(S(=O)(=O)NCC[C@H](O)c2ccccc2)c1. The molecule has 0 saturated heterocycles. The molecule has 1 heterocycles. The van der Waals surface area contributed by atoms with Gasteiger partial charge < -0.3 is 9.67 Å². The molecule has 0 saturated carbocycles. The predicted octanol–water partition coefficient (Wildman–Crippen LogP) is 0.822. The second-order valence-electron chi connectivity index (χ2n) is 4.49. The van der Waals surface area contributed by atoms with E-state index in [0.717, 1.165) is 5.56 Å². The molecular formula is C13H17N3O3S. The molecule has 2 N–H and O–H groups in total. The van der Waals surface area contributed by atoms with Gasteiger partial charge in [0.05, 0.1) is 12.4 Å². The minimum Gasteiger partial charge on any atom is -0.388 e. The highest BCUT2D eigenvalue weighted by Crippen LogP contribution is 2.15. The summed E-state index contributed by atoms with van der Waals surface area (Å²) in [7, 11) is -1.91. The number of benzene rings is 1. The summed E-state index contributed by atoms with van der Waals surface area (Å²) in [5.74, 6) is 0. The summed E-state index contributed by atoms with van der Waals surface area (Å²) in [6.45, 7) is 0.148. The standard InChI is InChI=1S/C13H17N3O3S/c1-16-9-13(14-10-16)20(18,19)15-8-7-12(17)11-5-3-2-4-6-11/h2-6,9-10,12,15,17H,7-8H2,1H3/t12-/m0/s1. The second-order valence-corrected chi connectivity index (χ2v) is 6.20. The summed E-state index contributed by atoms with van der Waals surface area (Å²) < 4.78 is 27.8. The average molecular weight is 295 g/mol. The number of hydrogen-bond donors (Lipinski definition) is 2. The van der Waals surface area contributed by atoms with Crippen LogP contribution in [0.2, 0.25) is 0 Å². The van der Waals surface area contributed by atoms with Crippen LogP contribution in [0.5, 0.6) is 0 Å². The van der Waals surface area contributed by atoms with E-state index in [1.165, 1.54) is 12.5 Å². The molecule has 2 rings (SSSR count). The second kappa shape index (κ2) is 6.17. The summed E-state index contributed by atoms with van der Waals surface area (Å²) in [6, 6.07) is 9.13. The molecule has 1 aromatic heterocycles. The highest BCUT2D eigenvalue weighted by molar-refractivity contribution is 7.89.